The summed E-state index contributed by atoms with van der Waals surface area (Å²) in [7, 11) is 0. The van der Waals surface area contributed by atoms with E-state index in [1.807, 2.05) is 0 Å². The molecule has 0 amide bonds. The topological polar surface area (TPSA) is 52.6 Å². The summed E-state index contributed by atoms with van der Waals surface area (Å²) >= 11 is 0. The molecule has 2 rings (SSSR count). The maximum Gasteiger partial charge on any atom is 0.317 e. The Balaban J connectivity index is 2.09. The van der Waals surface area contributed by atoms with Crippen molar-refractivity contribution in [1.29, 1.82) is 0 Å². The molecule has 4 heteroatoms. The fourth-order valence-electron chi connectivity index (χ4n) is 2.10. The summed E-state index contributed by atoms with van der Waals surface area (Å²) in [6.45, 7) is 2.12. The van der Waals surface area contributed by atoms with Crippen molar-refractivity contribution in [3.8, 4) is 0 Å². The lowest BCUT2D eigenvalue weighted by Gasteiger charge is -2.31. The van der Waals surface area contributed by atoms with E-state index in [2.05, 4.69) is 6.92 Å². The number of hydrogen-bond donors (Lipinski definition) is 0. The van der Waals surface area contributed by atoms with Crippen LogP contribution in [-0.4, -0.2) is 24.1 Å². The highest BCUT2D eigenvalue weighted by Gasteiger charge is 2.37. The van der Waals surface area contributed by atoms with Gasteiger partial charge in [0.15, 0.2) is 0 Å². The summed E-state index contributed by atoms with van der Waals surface area (Å²) in [6, 6.07) is 0. The Kier molecular flexibility index (Phi) is 2.44. The molecule has 1 saturated heterocycles. The molecule has 1 aliphatic heterocycles. The molecule has 0 bridgehead atoms. The van der Waals surface area contributed by atoms with Gasteiger partial charge in [0.05, 0.1) is 0 Å². The van der Waals surface area contributed by atoms with Gasteiger partial charge in [0, 0.05) is 0 Å². The van der Waals surface area contributed by atoms with Crippen LogP contribution in [0.4, 0.5) is 0 Å². The molecule has 2 fully saturated rings. The van der Waals surface area contributed by atoms with E-state index < -0.39 is 11.9 Å². The number of rotatable bonds is 0. The molecule has 0 aromatic rings. The molecule has 0 aromatic heterocycles. The number of carbonyl (C=O) groups excluding carboxylic acids is 2. The first-order valence-electron chi connectivity index (χ1n) is 5.04. The second-order valence-corrected chi connectivity index (χ2v) is 4.15. The van der Waals surface area contributed by atoms with E-state index in [0.717, 1.165) is 19.3 Å². The third kappa shape index (κ3) is 1.89. The number of fused-ring (bicyclic) bond motifs is 1. The first kappa shape index (κ1) is 9.49. The number of esters is 2. The second-order valence-electron chi connectivity index (χ2n) is 4.15. The van der Waals surface area contributed by atoms with Gasteiger partial charge in [0.1, 0.15) is 18.6 Å². The molecule has 0 aromatic carbocycles. The zero-order valence-electron chi connectivity index (χ0n) is 8.19. The predicted molar refractivity (Wildman–Crippen MR) is 47.4 cm³/mol. The van der Waals surface area contributed by atoms with Crippen molar-refractivity contribution < 1.29 is 19.1 Å². The van der Waals surface area contributed by atoms with Gasteiger partial charge in [-0.15, -0.1) is 0 Å². The van der Waals surface area contributed by atoms with E-state index in [0.29, 0.717) is 5.92 Å². The Labute approximate surface area is 82.6 Å². The van der Waals surface area contributed by atoms with Crippen molar-refractivity contribution in [3.63, 3.8) is 0 Å². The summed E-state index contributed by atoms with van der Waals surface area (Å²) < 4.78 is 10.3. The number of ether oxygens (including phenoxy) is 2. The van der Waals surface area contributed by atoms with E-state index in [1.54, 1.807) is 0 Å². The van der Waals surface area contributed by atoms with Gasteiger partial charge in [-0.3, -0.25) is 9.59 Å². The monoisotopic (exact) mass is 198 g/mol. The fraction of sp³-hybridized carbons (Fsp3) is 0.800. The molecular formula is C10H14O4. The van der Waals surface area contributed by atoms with Gasteiger partial charge in [-0.1, -0.05) is 6.92 Å². The molecule has 1 saturated carbocycles. The molecular weight excluding hydrogens is 184 g/mol. The molecule has 2 aliphatic rings. The summed E-state index contributed by atoms with van der Waals surface area (Å²) in [6.07, 6.45) is 2.00. The second kappa shape index (κ2) is 3.59. The average molecular weight is 198 g/mol. The normalized spacial score (nSPS) is 37.9. The number of hydrogen-bond acceptors (Lipinski definition) is 4. The van der Waals surface area contributed by atoms with Crippen LogP contribution in [-0.2, 0) is 19.1 Å². The minimum atomic E-state index is -0.448. The van der Waals surface area contributed by atoms with Crippen LogP contribution in [0.25, 0.3) is 0 Å². The molecule has 0 radical (unpaired) electrons. The van der Waals surface area contributed by atoms with Gasteiger partial charge in [-0.05, 0) is 25.2 Å². The van der Waals surface area contributed by atoms with Crippen LogP contribution in [0, 0.1) is 5.92 Å². The standard InChI is InChI=1S/C10H14O4/c1-6-2-3-7-8(4-6)14-10(12)5-9(11)13-7/h6-8H,2-5H2,1H3. The highest BCUT2D eigenvalue weighted by atomic mass is 16.6. The molecule has 1 aliphatic carbocycles. The van der Waals surface area contributed by atoms with Crippen molar-refractivity contribution in [2.75, 3.05) is 0 Å². The molecule has 0 N–H and O–H groups in total. The van der Waals surface area contributed by atoms with Crippen LogP contribution in [0.3, 0.4) is 0 Å². The predicted octanol–water partition coefficient (Wildman–Crippen LogP) is 1.03. The third-order valence-electron chi connectivity index (χ3n) is 2.85. The molecule has 1 heterocycles. The maximum absolute atomic E-state index is 11.1. The SMILES string of the molecule is CC1CCC2OC(=O)CC(=O)OC2C1. The Bertz CT molecular complexity index is 261. The average Bonchev–Trinajstić information content (AvgIpc) is 2.21. The molecule has 4 nitrogen and oxygen atoms in total. The van der Waals surface area contributed by atoms with Crippen LogP contribution in [0.5, 0.6) is 0 Å². The van der Waals surface area contributed by atoms with Gasteiger partial charge in [-0.25, -0.2) is 0 Å². The summed E-state index contributed by atoms with van der Waals surface area (Å²) in [5.41, 5.74) is 0. The van der Waals surface area contributed by atoms with E-state index >= 15 is 0 Å². The van der Waals surface area contributed by atoms with Crippen molar-refractivity contribution in [1.82, 2.24) is 0 Å². The Morgan fingerprint density at radius 1 is 1.07 bits per heavy atom. The summed E-state index contributed by atoms with van der Waals surface area (Å²) in [4.78, 5) is 22.2. The van der Waals surface area contributed by atoms with E-state index in [1.165, 1.54) is 0 Å². The van der Waals surface area contributed by atoms with E-state index in [4.69, 9.17) is 9.47 Å². The van der Waals surface area contributed by atoms with Crippen molar-refractivity contribution in [3.05, 3.63) is 0 Å². The van der Waals surface area contributed by atoms with Crippen molar-refractivity contribution in [2.24, 2.45) is 5.92 Å². The van der Waals surface area contributed by atoms with Gasteiger partial charge in [-0.2, -0.15) is 0 Å². The van der Waals surface area contributed by atoms with Gasteiger partial charge >= 0.3 is 11.9 Å². The van der Waals surface area contributed by atoms with Crippen LogP contribution >= 0.6 is 0 Å². The van der Waals surface area contributed by atoms with Gasteiger partial charge in [0.25, 0.3) is 0 Å². The van der Waals surface area contributed by atoms with Crippen molar-refractivity contribution in [2.45, 2.75) is 44.8 Å². The van der Waals surface area contributed by atoms with Gasteiger partial charge in [0.2, 0.25) is 0 Å². The molecule has 78 valence electrons. The summed E-state index contributed by atoms with van der Waals surface area (Å²) in [5.74, 6) is -0.352. The highest BCUT2D eigenvalue weighted by Crippen LogP contribution is 2.30. The maximum atomic E-state index is 11.1. The van der Waals surface area contributed by atoms with Crippen LogP contribution in [0.1, 0.15) is 32.6 Å². The van der Waals surface area contributed by atoms with Gasteiger partial charge < -0.3 is 9.47 Å². The van der Waals surface area contributed by atoms with Crippen molar-refractivity contribution >= 4 is 11.9 Å². The lowest BCUT2D eigenvalue weighted by Crippen LogP contribution is -2.36. The van der Waals surface area contributed by atoms with Crippen LogP contribution in [0.15, 0.2) is 0 Å². The Morgan fingerprint density at radius 2 is 1.71 bits per heavy atom. The minimum absolute atomic E-state index is 0.204. The van der Waals surface area contributed by atoms with E-state index in [9.17, 15) is 9.59 Å². The molecule has 0 spiro atoms. The quantitative estimate of drug-likeness (QED) is 0.431. The third-order valence-corrected chi connectivity index (χ3v) is 2.85. The first-order valence-corrected chi connectivity index (χ1v) is 5.04. The fourth-order valence-corrected chi connectivity index (χ4v) is 2.10. The molecule has 14 heavy (non-hydrogen) atoms. The minimum Gasteiger partial charge on any atom is -0.458 e. The van der Waals surface area contributed by atoms with Crippen LogP contribution < -0.4 is 0 Å². The molecule has 3 atom stereocenters. The Hall–Kier alpha value is -1.06. The summed E-state index contributed by atoms with van der Waals surface area (Å²) in [5, 5.41) is 0. The largest absolute Gasteiger partial charge is 0.458 e. The lowest BCUT2D eigenvalue weighted by atomic mass is 9.86. The smallest absolute Gasteiger partial charge is 0.317 e. The molecule has 3 unspecified atom stereocenters. The van der Waals surface area contributed by atoms with E-state index in [-0.39, 0.29) is 18.6 Å². The zero-order chi connectivity index (χ0) is 10.1. The zero-order valence-corrected chi connectivity index (χ0v) is 8.19. The Morgan fingerprint density at radius 3 is 2.43 bits per heavy atom. The number of carbonyl (C=O) groups is 2. The lowest BCUT2D eigenvalue weighted by molar-refractivity contribution is -0.156. The first-order chi connectivity index (χ1) is 6.65. The highest BCUT2D eigenvalue weighted by molar-refractivity contribution is 5.91. The van der Waals surface area contributed by atoms with Crippen LogP contribution in [0.2, 0.25) is 0 Å².